The number of hydrogen-bond donors (Lipinski definition) is 1. The number of carbonyl (C=O) groups is 2. The molecule has 6 heteroatoms. The molecular formula is C25H22N2O4. The lowest BCUT2D eigenvalue weighted by molar-refractivity contribution is -0.155. The molecule has 0 saturated carbocycles. The van der Waals surface area contributed by atoms with Crippen molar-refractivity contribution in [3.8, 4) is 11.8 Å². The molecule has 0 unspecified atom stereocenters. The number of rotatable bonds is 8. The molecule has 0 aliphatic carbocycles. The monoisotopic (exact) mass is 414 g/mol. The molecule has 3 aromatic rings. The Morgan fingerprint density at radius 3 is 2.52 bits per heavy atom. The Morgan fingerprint density at radius 1 is 1.00 bits per heavy atom. The van der Waals surface area contributed by atoms with Crippen LogP contribution in [0.3, 0.4) is 0 Å². The number of nitriles is 1. The maximum Gasteiger partial charge on any atom is 0.344 e. The third-order valence-corrected chi connectivity index (χ3v) is 4.49. The van der Waals surface area contributed by atoms with Crippen molar-refractivity contribution in [3.05, 3.63) is 95.6 Å². The van der Waals surface area contributed by atoms with Crippen molar-refractivity contribution in [2.24, 2.45) is 0 Å². The Labute approximate surface area is 181 Å². The summed E-state index contributed by atoms with van der Waals surface area (Å²) in [7, 11) is 0. The van der Waals surface area contributed by atoms with Crippen LogP contribution in [0.2, 0.25) is 0 Å². The molecule has 1 N–H and O–H groups in total. The number of esters is 1. The van der Waals surface area contributed by atoms with Crippen LogP contribution in [-0.2, 0) is 20.7 Å². The van der Waals surface area contributed by atoms with E-state index in [1.54, 1.807) is 30.3 Å². The minimum atomic E-state index is -1.01. The number of hydrogen-bond acceptors (Lipinski definition) is 5. The Balaban J connectivity index is 1.53. The molecular weight excluding hydrogens is 392 g/mol. The highest BCUT2D eigenvalue weighted by Gasteiger charge is 2.19. The lowest BCUT2D eigenvalue weighted by Crippen LogP contribution is -2.31. The van der Waals surface area contributed by atoms with Crippen molar-refractivity contribution in [1.29, 1.82) is 5.26 Å². The van der Waals surface area contributed by atoms with Gasteiger partial charge in [-0.3, -0.25) is 4.79 Å². The van der Waals surface area contributed by atoms with Gasteiger partial charge >= 0.3 is 5.97 Å². The first-order valence-electron chi connectivity index (χ1n) is 9.80. The molecule has 0 bridgehead atoms. The van der Waals surface area contributed by atoms with E-state index in [0.717, 1.165) is 11.1 Å². The number of para-hydroxylation sites is 1. The summed E-state index contributed by atoms with van der Waals surface area (Å²) in [5.41, 5.74) is 2.96. The fourth-order valence-electron chi connectivity index (χ4n) is 2.94. The summed E-state index contributed by atoms with van der Waals surface area (Å²) in [6.45, 7) is 1.16. The van der Waals surface area contributed by atoms with E-state index in [9.17, 15) is 9.59 Å². The Kier molecular flexibility index (Phi) is 7.39. The fourth-order valence-corrected chi connectivity index (χ4v) is 2.94. The van der Waals surface area contributed by atoms with Gasteiger partial charge in [0.25, 0.3) is 5.91 Å². The molecule has 0 radical (unpaired) electrons. The van der Waals surface area contributed by atoms with Crippen molar-refractivity contribution >= 4 is 17.6 Å². The molecule has 156 valence electrons. The number of anilines is 1. The second kappa shape index (κ2) is 10.6. The summed E-state index contributed by atoms with van der Waals surface area (Å²) in [6, 6.07) is 25.9. The number of nitrogens with one attached hydrogen (secondary N) is 1. The Morgan fingerprint density at radius 2 is 1.74 bits per heavy atom. The number of carbonyl (C=O) groups excluding carboxylic acids is 2. The van der Waals surface area contributed by atoms with E-state index >= 15 is 0 Å². The maximum atomic E-state index is 12.3. The van der Waals surface area contributed by atoms with E-state index < -0.39 is 18.0 Å². The van der Waals surface area contributed by atoms with E-state index in [1.165, 1.54) is 6.92 Å². The summed E-state index contributed by atoms with van der Waals surface area (Å²) in [5.74, 6) is -0.551. The molecule has 3 aromatic carbocycles. The SMILES string of the molecule is C[C@@H](OC(=O)COc1ccccc1Cc1ccccc1)C(=O)Nc1cccc(C#N)c1. The fraction of sp³-hybridized carbons (Fsp3) is 0.160. The van der Waals surface area contributed by atoms with Crippen LogP contribution in [0.15, 0.2) is 78.9 Å². The van der Waals surface area contributed by atoms with Crippen LogP contribution in [0.1, 0.15) is 23.6 Å². The highest BCUT2D eigenvalue weighted by molar-refractivity contribution is 5.95. The smallest absolute Gasteiger partial charge is 0.344 e. The summed E-state index contributed by atoms with van der Waals surface area (Å²) < 4.78 is 10.8. The van der Waals surface area contributed by atoms with Gasteiger partial charge < -0.3 is 14.8 Å². The number of nitrogens with zero attached hydrogens (tertiary/aromatic N) is 1. The molecule has 0 aromatic heterocycles. The zero-order chi connectivity index (χ0) is 22.1. The second-order valence-corrected chi connectivity index (χ2v) is 6.87. The predicted octanol–water partition coefficient (Wildman–Crippen LogP) is 4.10. The van der Waals surface area contributed by atoms with Gasteiger partial charge in [-0.25, -0.2) is 4.79 Å². The van der Waals surface area contributed by atoms with Gasteiger partial charge in [0, 0.05) is 12.1 Å². The largest absolute Gasteiger partial charge is 0.482 e. The zero-order valence-corrected chi connectivity index (χ0v) is 17.1. The van der Waals surface area contributed by atoms with Crippen molar-refractivity contribution in [1.82, 2.24) is 0 Å². The first-order chi connectivity index (χ1) is 15.0. The quantitative estimate of drug-likeness (QED) is 0.561. The molecule has 0 saturated heterocycles. The third kappa shape index (κ3) is 6.44. The van der Waals surface area contributed by atoms with Gasteiger partial charge in [0.15, 0.2) is 12.7 Å². The van der Waals surface area contributed by atoms with Crippen molar-refractivity contribution in [3.63, 3.8) is 0 Å². The molecule has 0 aliphatic rings. The molecule has 1 amide bonds. The van der Waals surface area contributed by atoms with Crippen LogP contribution < -0.4 is 10.1 Å². The zero-order valence-electron chi connectivity index (χ0n) is 17.1. The summed E-state index contributed by atoms with van der Waals surface area (Å²) in [6.07, 6.45) is -0.339. The summed E-state index contributed by atoms with van der Waals surface area (Å²) in [4.78, 5) is 24.5. The molecule has 3 rings (SSSR count). The minimum Gasteiger partial charge on any atom is -0.482 e. The van der Waals surface area contributed by atoms with Crippen molar-refractivity contribution in [2.45, 2.75) is 19.4 Å². The maximum absolute atomic E-state index is 12.3. The van der Waals surface area contributed by atoms with E-state index in [0.29, 0.717) is 23.4 Å². The topological polar surface area (TPSA) is 88.4 Å². The first kappa shape index (κ1) is 21.6. The summed E-state index contributed by atoms with van der Waals surface area (Å²) >= 11 is 0. The number of benzene rings is 3. The molecule has 0 heterocycles. The van der Waals surface area contributed by atoms with Crippen molar-refractivity contribution in [2.75, 3.05) is 11.9 Å². The first-order valence-corrected chi connectivity index (χ1v) is 9.80. The third-order valence-electron chi connectivity index (χ3n) is 4.49. The van der Waals surface area contributed by atoms with E-state index in [2.05, 4.69) is 5.32 Å². The normalized spacial score (nSPS) is 11.1. The molecule has 31 heavy (non-hydrogen) atoms. The van der Waals surface area contributed by atoms with Gasteiger partial charge in [-0.1, -0.05) is 54.6 Å². The van der Waals surface area contributed by atoms with Gasteiger partial charge in [-0.05, 0) is 42.3 Å². The van der Waals surface area contributed by atoms with Gasteiger partial charge in [0.05, 0.1) is 11.6 Å². The lowest BCUT2D eigenvalue weighted by atomic mass is 10.0. The van der Waals surface area contributed by atoms with Gasteiger partial charge in [0.2, 0.25) is 0 Å². The predicted molar refractivity (Wildman–Crippen MR) is 117 cm³/mol. The second-order valence-electron chi connectivity index (χ2n) is 6.87. The van der Waals surface area contributed by atoms with E-state index in [-0.39, 0.29) is 6.61 Å². The van der Waals surface area contributed by atoms with Crippen LogP contribution in [0.4, 0.5) is 5.69 Å². The Bertz CT molecular complexity index is 1090. The highest BCUT2D eigenvalue weighted by Crippen LogP contribution is 2.21. The average molecular weight is 414 g/mol. The molecule has 0 aliphatic heterocycles. The molecule has 1 atom stereocenters. The highest BCUT2D eigenvalue weighted by atomic mass is 16.6. The van der Waals surface area contributed by atoms with E-state index in [4.69, 9.17) is 14.7 Å². The molecule has 6 nitrogen and oxygen atoms in total. The minimum absolute atomic E-state index is 0.312. The van der Waals surface area contributed by atoms with Gasteiger partial charge in [-0.2, -0.15) is 5.26 Å². The summed E-state index contributed by atoms with van der Waals surface area (Å²) in [5, 5.41) is 11.6. The van der Waals surface area contributed by atoms with Crippen LogP contribution in [0.25, 0.3) is 0 Å². The van der Waals surface area contributed by atoms with E-state index in [1.807, 2.05) is 54.6 Å². The van der Waals surface area contributed by atoms with Gasteiger partial charge in [0.1, 0.15) is 5.75 Å². The van der Waals surface area contributed by atoms with Crippen LogP contribution >= 0.6 is 0 Å². The number of ether oxygens (including phenoxy) is 2. The average Bonchev–Trinajstić information content (AvgIpc) is 2.79. The van der Waals surface area contributed by atoms with Crippen LogP contribution in [-0.4, -0.2) is 24.6 Å². The molecule has 0 spiro atoms. The van der Waals surface area contributed by atoms with Crippen molar-refractivity contribution < 1.29 is 19.1 Å². The Hall–Kier alpha value is -4.11. The molecule has 0 fully saturated rings. The van der Waals surface area contributed by atoms with Gasteiger partial charge in [-0.15, -0.1) is 0 Å². The number of amides is 1. The van der Waals surface area contributed by atoms with Crippen LogP contribution in [0, 0.1) is 11.3 Å². The lowest BCUT2D eigenvalue weighted by Gasteiger charge is -2.15. The standard InChI is InChI=1S/C25H22N2O4/c1-18(25(29)27-22-12-7-10-20(15-22)16-26)31-24(28)17-30-23-13-6-5-11-21(23)14-19-8-3-2-4-9-19/h2-13,15,18H,14,17H2,1H3,(H,27,29)/t18-/m1/s1. The van der Waals surface area contributed by atoms with Crippen LogP contribution in [0.5, 0.6) is 5.75 Å².